The lowest BCUT2D eigenvalue weighted by Crippen LogP contribution is -2.20. The van der Waals surface area contributed by atoms with Gasteiger partial charge in [0.2, 0.25) is 11.6 Å². The first-order chi connectivity index (χ1) is 21.8. The van der Waals surface area contributed by atoms with Gasteiger partial charge in [-0.1, -0.05) is 28.1 Å². The standard InChI is InChI=1S/C33H24BrFN4O6/c1-42-27-13-19(14-28(43-2)31(27)44-18-30(40)37-23-10-8-22(35)9-11-23)17-36-39-32(38-25-6-4-3-5-24(25)33(39)41)29-16-20-15-21(34)7-12-26(20)45-29/h3-17H,18H2,1-2H3,(H,37,40). The van der Waals surface area contributed by atoms with Gasteiger partial charge in [0, 0.05) is 21.1 Å². The van der Waals surface area contributed by atoms with Gasteiger partial charge >= 0.3 is 0 Å². The molecule has 12 heteroatoms. The zero-order chi connectivity index (χ0) is 31.5. The van der Waals surface area contributed by atoms with Gasteiger partial charge in [-0.15, -0.1) is 0 Å². The molecule has 0 fully saturated rings. The maximum Gasteiger partial charge on any atom is 0.282 e. The minimum atomic E-state index is -0.468. The molecule has 226 valence electrons. The molecule has 0 aliphatic rings. The van der Waals surface area contributed by atoms with Crippen LogP contribution in [-0.4, -0.2) is 42.6 Å². The Kier molecular flexibility index (Phi) is 8.30. The maximum absolute atomic E-state index is 13.6. The van der Waals surface area contributed by atoms with Crippen LogP contribution in [0.15, 0.2) is 104 Å². The quantitative estimate of drug-likeness (QED) is 0.172. The summed E-state index contributed by atoms with van der Waals surface area (Å²) in [5.74, 6) is 0.405. The summed E-state index contributed by atoms with van der Waals surface area (Å²) in [5, 5.41) is 8.34. The lowest BCUT2D eigenvalue weighted by molar-refractivity contribution is -0.118. The van der Waals surface area contributed by atoms with Crippen molar-refractivity contribution in [2.24, 2.45) is 5.10 Å². The van der Waals surface area contributed by atoms with Gasteiger partial charge in [-0.05, 0) is 72.8 Å². The number of hydrogen-bond acceptors (Lipinski definition) is 8. The smallest absolute Gasteiger partial charge is 0.282 e. The second-order valence-electron chi connectivity index (χ2n) is 9.71. The third-order valence-electron chi connectivity index (χ3n) is 6.73. The molecule has 1 N–H and O–H groups in total. The molecule has 0 saturated carbocycles. The van der Waals surface area contributed by atoms with E-state index in [0.29, 0.717) is 33.5 Å². The second kappa shape index (κ2) is 12.6. The first-order valence-electron chi connectivity index (χ1n) is 13.5. The van der Waals surface area contributed by atoms with Gasteiger partial charge < -0.3 is 23.9 Å². The largest absolute Gasteiger partial charge is 0.493 e. The predicted octanol–water partition coefficient (Wildman–Crippen LogP) is 6.63. The van der Waals surface area contributed by atoms with Crippen LogP contribution in [0.1, 0.15) is 5.56 Å². The summed E-state index contributed by atoms with van der Waals surface area (Å²) < 4.78 is 38.1. The van der Waals surface area contributed by atoms with Crippen molar-refractivity contribution in [3.05, 3.63) is 111 Å². The van der Waals surface area contributed by atoms with Crippen molar-refractivity contribution < 1.29 is 27.8 Å². The highest BCUT2D eigenvalue weighted by Gasteiger charge is 2.18. The molecule has 0 spiro atoms. The van der Waals surface area contributed by atoms with Gasteiger partial charge in [0.25, 0.3) is 11.5 Å². The Hall–Kier alpha value is -5.49. The van der Waals surface area contributed by atoms with Gasteiger partial charge in [-0.25, -0.2) is 9.37 Å². The van der Waals surface area contributed by atoms with E-state index in [0.717, 1.165) is 9.86 Å². The number of nitrogens with one attached hydrogen (secondary N) is 1. The van der Waals surface area contributed by atoms with E-state index in [4.69, 9.17) is 23.6 Å². The van der Waals surface area contributed by atoms with Gasteiger partial charge in [0.1, 0.15) is 11.4 Å². The van der Waals surface area contributed by atoms with Crippen molar-refractivity contribution in [2.45, 2.75) is 0 Å². The fourth-order valence-electron chi connectivity index (χ4n) is 4.62. The number of rotatable bonds is 9. The Bertz CT molecular complexity index is 2120. The molecule has 10 nitrogen and oxygen atoms in total. The summed E-state index contributed by atoms with van der Waals surface area (Å²) in [5.41, 5.74) is 1.66. The molecule has 0 unspecified atom stereocenters. The molecule has 6 rings (SSSR count). The van der Waals surface area contributed by atoms with E-state index >= 15 is 0 Å². The van der Waals surface area contributed by atoms with Gasteiger partial charge in [0.15, 0.2) is 23.9 Å². The molecule has 6 aromatic rings. The Labute approximate surface area is 263 Å². The molecule has 2 aromatic heterocycles. The highest BCUT2D eigenvalue weighted by Crippen LogP contribution is 2.38. The van der Waals surface area contributed by atoms with Crippen LogP contribution in [-0.2, 0) is 4.79 Å². The number of para-hydroxylation sites is 1. The molecule has 45 heavy (non-hydrogen) atoms. The van der Waals surface area contributed by atoms with Crippen LogP contribution in [0.2, 0.25) is 0 Å². The SMILES string of the molecule is COc1cc(C=Nn2c(-c3cc4cc(Br)ccc4o3)nc3ccccc3c2=O)cc(OC)c1OCC(=O)Nc1ccc(F)cc1. The van der Waals surface area contributed by atoms with Gasteiger partial charge in [-0.3, -0.25) is 9.59 Å². The van der Waals surface area contributed by atoms with Crippen molar-refractivity contribution in [3.8, 4) is 28.8 Å². The molecule has 4 aromatic carbocycles. The molecule has 0 aliphatic carbocycles. The van der Waals surface area contributed by atoms with E-state index in [2.05, 4.69) is 26.3 Å². The number of carbonyl (C=O) groups excluding carboxylic acids is 1. The normalized spacial score (nSPS) is 11.3. The molecule has 2 heterocycles. The zero-order valence-electron chi connectivity index (χ0n) is 23.9. The fraction of sp³-hybridized carbons (Fsp3) is 0.0909. The Balaban J connectivity index is 1.33. The average Bonchev–Trinajstić information content (AvgIpc) is 3.47. The molecular weight excluding hydrogens is 647 g/mol. The minimum absolute atomic E-state index is 0.185. The summed E-state index contributed by atoms with van der Waals surface area (Å²) in [6, 6.07) is 23.0. The van der Waals surface area contributed by atoms with Crippen LogP contribution < -0.4 is 25.1 Å². The summed E-state index contributed by atoms with van der Waals surface area (Å²) in [6.07, 6.45) is 1.46. The Morgan fingerprint density at radius 2 is 1.76 bits per heavy atom. The summed E-state index contributed by atoms with van der Waals surface area (Å²) in [6.45, 7) is -0.368. The van der Waals surface area contributed by atoms with Crippen LogP contribution in [0.3, 0.4) is 0 Å². The summed E-state index contributed by atoms with van der Waals surface area (Å²) in [4.78, 5) is 30.8. The van der Waals surface area contributed by atoms with Gasteiger partial charge in [-0.2, -0.15) is 9.78 Å². The Morgan fingerprint density at radius 1 is 1.02 bits per heavy atom. The van der Waals surface area contributed by atoms with Crippen LogP contribution in [0, 0.1) is 5.82 Å². The second-order valence-corrected chi connectivity index (χ2v) is 10.6. The molecule has 0 aliphatic heterocycles. The number of benzene rings is 4. The van der Waals surface area contributed by atoms with Gasteiger partial charge in [0.05, 0.1) is 31.3 Å². The molecular formula is C33H24BrFN4O6. The van der Waals surface area contributed by atoms with E-state index < -0.39 is 11.7 Å². The van der Waals surface area contributed by atoms with E-state index in [-0.39, 0.29) is 35.2 Å². The third-order valence-corrected chi connectivity index (χ3v) is 7.23. The number of ether oxygens (including phenoxy) is 3. The lowest BCUT2D eigenvalue weighted by atomic mass is 10.2. The molecule has 0 bridgehead atoms. The van der Waals surface area contributed by atoms with Crippen LogP contribution in [0.25, 0.3) is 33.5 Å². The summed E-state index contributed by atoms with van der Waals surface area (Å²) >= 11 is 3.47. The number of carbonyl (C=O) groups is 1. The van der Waals surface area contributed by atoms with E-state index in [9.17, 15) is 14.0 Å². The molecule has 0 radical (unpaired) electrons. The maximum atomic E-state index is 13.6. The number of methoxy groups -OCH3 is 2. The number of fused-ring (bicyclic) bond motifs is 2. The number of amides is 1. The van der Waals surface area contributed by atoms with Crippen LogP contribution in [0.4, 0.5) is 10.1 Å². The summed E-state index contributed by atoms with van der Waals surface area (Å²) in [7, 11) is 2.88. The molecule has 0 atom stereocenters. The molecule has 0 saturated heterocycles. The van der Waals surface area contributed by atoms with Crippen molar-refractivity contribution in [1.82, 2.24) is 9.66 Å². The highest BCUT2D eigenvalue weighted by atomic mass is 79.9. The third kappa shape index (κ3) is 6.27. The number of anilines is 1. The fourth-order valence-corrected chi connectivity index (χ4v) is 5.00. The average molecular weight is 671 g/mol. The van der Waals surface area contributed by atoms with Crippen molar-refractivity contribution in [3.63, 3.8) is 0 Å². The van der Waals surface area contributed by atoms with Crippen molar-refractivity contribution in [2.75, 3.05) is 26.1 Å². The minimum Gasteiger partial charge on any atom is -0.493 e. The first kappa shape index (κ1) is 29.6. The Morgan fingerprint density at radius 3 is 2.49 bits per heavy atom. The first-order valence-corrected chi connectivity index (χ1v) is 14.3. The van der Waals surface area contributed by atoms with Crippen molar-refractivity contribution >= 4 is 55.6 Å². The van der Waals surface area contributed by atoms with E-state index in [1.54, 1.807) is 42.5 Å². The van der Waals surface area contributed by atoms with E-state index in [1.807, 2.05) is 18.2 Å². The van der Waals surface area contributed by atoms with E-state index in [1.165, 1.54) is 49.4 Å². The van der Waals surface area contributed by atoms with Crippen LogP contribution in [0.5, 0.6) is 17.2 Å². The number of halogens is 2. The zero-order valence-corrected chi connectivity index (χ0v) is 25.5. The van der Waals surface area contributed by atoms with Crippen molar-refractivity contribution in [1.29, 1.82) is 0 Å². The number of nitrogens with zero attached hydrogens (tertiary/aromatic N) is 3. The number of furan rings is 1. The predicted molar refractivity (Wildman–Crippen MR) is 172 cm³/mol. The number of hydrogen-bond donors (Lipinski definition) is 1. The molecule has 1 amide bonds. The van der Waals surface area contributed by atoms with Crippen LogP contribution >= 0.6 is 15.9 Å². The highest BCUT2D eigenvalue weighted by molar-refractivity contribution is 9.10. The number of aromatic nitrogens is 2. The monoisotopic (exact) mass is 670 g/mol. The lowest BCUT2D eigenvalue weighted by Gasteiger charge is -2.15. The topological polar surface area (TPSA) is 117 Å².